The molecular weight excluding hydrogens is 821 g/mol. The van der Waals surface area contributed by atoms with Gasteiger partial charge in [0.05, 0.1) is 6.61 Å². The Morgan fingerprint density at radius 3 is 1.39 bits per heavy atom. The Balaban J connectivity index is 0.000000241. The Morgan fingerprint density at radius 1 is 0.578 bits per heavy atom. The van der Waals surface area contributed by atoms with E-state index in [1.165, 1.54) is 25.9 Å². The van der Waals surface area contributed by atoms with Gasteiger partial charge in [0.25, 0.3) is 0 Å². The molecule has 16 nitrogen and oxygen atoms in total. The third-order valence-corrected chi connectivity index (χ3v) is 10.6. The lowest BCUT2D eigenvalue weighted by molar-refractivity contribution is -0.147. The molecule has 0 aliphatic carbocycles. The molecule has 0 saturated carbocycles. The average molecular weight is 875 g/mol. The number of esters is 1. The number of aliphatic carboxylic acids is 1. The molecule has 16 heteroatoms. The molecule has 4 aromatic carbocycles. The van der Waals surface area contributed by atoms with Crippen molar-refractivity contribution in [3.05, 3.63) is 144 Å². The van der Waals surface area contributed by atoms with Crippen molar-refractivity contribution in [1.29, 1.82) is 0 Å². The molecule has 2 heterocycles. The number of likely N-dealkylation sites (N-methyl/N-ethyl adjacent to an activating group) is 2. The third-order valence-electron chi connectivity index (χ3n) is 10.6. The topological polar surface area (TPSA) is 212 Å². The molecular formula is C48H54N6O10. The lowest BCUT2D eigenvalue weighted by atomic mass is 10.0. The van der Waals surface area contributed by atoms with E-state index in [0.717, 1.165) is 49.0 Å². The van der Waals surface area contributed by atoms with Crippen LogP contribution in [0.4, 0.5) is 9.59 Å². The number of ether oxygens (including phenoxy) is 3. The first-order chi connectivity index (χ1) is 30.8. The molecule has 0 unspecified atom stereocenters. The fraction of sp³-hybridized carbons (Fsp3) is 0.292. The molecule has 2 aromatic heterocycles. The number of benzene rings is 4. The molecule has 0 bridgehead atoms. The van der Waals surface area contributed by atoms with Crippen LogP contribution in [0, 0.1) is 0 Å². The predicted octanol–water partition coefficient (Wildman–Crippen LogP) is 6.35. The summed E-state index contributed by atoms with van der Waals surface area (Å²) in [6.07, 6.45) is 2.62. The Bertz CT molecular complexity index is 2510. The van der Waals surface area contributed by atoms with Crippen LogP contribution in [0.25, 0.3) is 21.8 Å². The van der Waals surface area contributed by atoms with Gasteiger partial charge in [0.15, 0.2) is 0 Å². The lowest BCUT2D eigenvalue weighted by Crippen LogP contribution is -2.52. The summed E-state index contributed by atoms with van der Waals surface area (Å²) in [5, 5.41) is 16.7. The van der Waals surface area contributed by atoms with Crippen LogP contribution in [0.5, 0.6) is 0 Å². The number of carboxylic acids is 1. The van der Waals surface area contributed by atoms with Gasteiger partial charge in [-0.25, -0.2) is 19.2 Å². The summed E-state index contributed by atoms with van der Waals surface area (Å²) in [7, 11) is 2.92. The molecule has 0 aliphatic rings. The predicted molar refractivity (Wildman–Crippen MR) is 240 cm³/mol. The van der Waals surface area contributed by atoms with Crippen LogP contribution >= 0.6 is 0 Å². The molecule has 0 saturated heterocycles. The number of H-pyrrole nitrogens is 2. The van der Waals surface area contributed by atoms with Gasteiger partial charge in [-0.1, -0.05) is 97.1 Å². The average Bonchev–Trinajstić information content (AvgIpc) is 3.93. The number of carbonyl (C=O) groups is 6. The van der Waals surface area contributed by atoms with Crippen LogP contribution in [0.1, 0.15) is 43.0 Å². The number of hydrogen-bond acceptors (Lipinski definition) is 9. The zero-order chi connectivity index (χ0) is 46.2. The molecule has 0 spiro atoms. The fourth-order valence-corrected chi connectivity index (χ4v) is 6.57. The maximum absolute atomic E-state index is 12.9. The molecule has 6 rings (SSSR count). The minimum atomic E-state index is -1.15. The molecule has 0 fully saturated rings. The van der Waals surface area contributed by atoms with Gasteiger partial charge in [-0.3, -0.25) is 19.4 Å². The maximum Gasteiger partial charge on any atom is 0.410 e. The van der Waals surface area contributed by atoms with E-state index in [1.54, 1.807) is 20.0 Å². The van der Waals surface area contributed by atoms with Gasteiger partial charge in [0, 0.05) is 61.1 Å². The van der Waals surface area contributed by atoms with Gasteiger partial charge >= 0.3 is 24.1 Å². The number of amides is 4. The molecule has 4 atom stereocenters. The number of nitrogens with zero attached hydrogens (tertiary/aromatic N) is 2. The number of rotatable bonds is 17. The van der Waals surface area contributed by atoms with E-state index in [1.807, 2.05) is 115 Å². The minimum Gasteiger partial charge on any atom is -0.480 e. The summed E-state index contributed by atoms with van der Waals surface area (Å²) in [5.74, 6) is -2.74. The van der Waals surface area contributed by atoms with Crippen molar-refractivity contribution in [3.63, 3.8) is 0 Å². The minimum absolute atomic E-state index is 0.0800. The molecule has 6 aromatic rings. The van der Waals surface area contributed by atoms with Crippen LogP contribution in [-0.2, 0) is 59.4 Å². The van der Waals surface area contributed by atoms with Gasteiger partial charge in [0.1, 0.15) is 37.4 Å². The first kappa shape index (κ1) is 47.4. The Kier molecular flexibility index (Phi) is 17.0. The van der Waals surface area contributed by atoms with Crippen molar-refractivity contribution in [2.45, 2.75) is 71.0 Å². The Labute approximate surface area is 370 Å². The number of fused-ring (bicyclic) bond motifs is 2. The monoisotopic (exact) mass is 874 g/mol. The highest BCUT2D eigenvalue weighted by molar-refractivity contribution is 5.91. The normalized spacial score (nSPS) is 12.6. The Morgan fingerprint density at radius 2 is 0.969 bits per heavy atom. The van der Waals surface area contributed by atoms with E-state index in [2.05, 4.69) is 20.6 Å². The lowest BCUT2D eigenvalue weighted by Gasteiger charge is -2.25. The van der Waals surface area contributed by atoms with Crippen molar-refractivity contribution in [2.75, 3.05) is 20.7 Å². The van der Waals surface area contributed by atoms with Crippen molar-refractivity contribution in [1.82, 2.24) is 30.4 Å². The SMILES string of the molecule is CCOC(=O)[C@H](Cc1c[nH]c2ccccc12)NC(=O)[C@H](C)N(C)C(=O)OCc1ccccc1.C[C@@H](C(=O)N[C@@H](Cc1c[nH]c2ccccc12)C(=O)O)N(C)C(=O)OCc1ccccc1. The molecule has 4 amide bonds. The summed E-state index contributed by atoms with van der Waals surface area (Å²) in [4.78, 5) is 83.2. The largest absolute Gasteiger partial charge is 0.480 e. The van der Waals surface area contributed by atoms with E-state index >= 15 is 0 Å². The highest BCUT2D eigenvalue weighted by Gasteiger charge is 2.31. The van der Waals surface area contributed by atoms with Crippen molar-refractivity contribution < 1.29 is 48.1 Å². The summed E-state index contributed by atoms with van der Waals surface area (Å²) >= 11 is 0. The zero-order valence-corrected chi connectivity index (χ0v) is 36.4. The molecule has 64 heavy (non-hydrogen) atoms. The van der Waals surface area contributed by atoms with Crippen LogP contribution in [-0.4, -0.2) is 106 Å². The highest BCUT2D eigenvalue weighted by atomic mass is 16.6. The first-order valence-electron chi connectivity index (χ1n) is 20.7. The first-order valence-corrected chi connectivity index (χ1v) is 20.7. The summed E-state index contributed by atoms with van der Waals surface area (Å²) in [6.45, 7) is 5.18. The second-order valence-corrected chi connectivity index (χ2v) is 15.0. The quantitative estimate of drug-likeness (QED) is 0.0506. The summed E-state index contributed by atoms with van der Waals surface area (Å²) < 4.78 is 15.7. The maximum atomic E-state index is 12.9. The van der Waals surface area contributed by atoms with Gasteiger partial charge in [0.2, 0.25) is 11.8 Å². The number of aromatic nitrogens is 2. The number of carbonyl (C=O) groups excluding carboxylic acids is 5. The number of aromatic amines is 2. The molecule has 336 valence electrons. The Hall–Kier alpha value is -7.62. The number of hydrogen-bond donors (Lipinski definition) is 5. The number of carboxylic acid groups (broad SMARTS) is 1. The van der Waals surface area contributed by atoms with Crippen LogP contribution < -0.4 is 10.6 Å². The highest BCUT2D eigenvalue weighted by Crippen LogP contribution is 2.21. The second kappa shape index (κ2) is 23.0. The van der Waals surface area contributed by atoms with E-state index in [-0.39, 0.29) is 32.7 Å². The smallest absolute Gasteiger partial charge is 0.410 e. The third kappa shape index (κ3) is 13.0. The van der Waals surface area contributed by atoms with E-state index in [9.17, 15) is 33.9 Å². The van der Waals surface area contributed by atoms with E-state index < -0.39 is 60.1 Å². The summed E-state index contributed by atoms with van der Waals surface area (Å²) in [6, 6.07) is 29.9. The van der Waals surface area contributed by atoms with Gasteiger partial charge < -0.3 is 39.9 Å². The van der Waals surface area contributed by atoms with Crippen molar-refractivity contribution >= 4 is 57.7 Å². The molecule has 0 radical (unpaired) electrons. The van der Waals surface area contributed by atoms with Crippen LogP contribution in [0.2, 0.25) is 0 Å². The van der Waals surface area contributed by atoms with Crippen molar-refractivity contribution in [3.8, 4) is 0 Å². The standard InChI is InChI=1S/C25H29N3O5.C23H25N3O5/c1-4-32-24(30)22(14-19-15-26-21-13-9-8-12-20(19)21)27-23(29)17(2)28(3)25(31)33-16-18-10-6-5-7-11-18;1-15(26(2)23(30)31-14-16-8-4-3-5-9-16)21(27)25-20(22(28)29)12-17-13-24-19-11-7-6-10-18(17)19/h5-13,15,17,22,26H,4,14,16H2,1-3H3,(H,27,29);3-11,13,15,20,24H,12,14H2,1-2H3,(H,25,27)(H,28,29)/t17-,22-;15-,20-/m00/s1. The van der Waals surface area contributed by atoms with E-state index in [4.69, 9.17) is 14.2 Å². The second-order valence-electron chi connectivity index (χ2n) is 15.0. The van der Waals surface area contributed by atoms with Crippen LogP contribution in [0.3, 0.4) is 0 Å². The van der Waals surface area contributed by atoms with Gasteiger partial charge in [-0.15, -0.1) is 0 Å². The molecule has 5 N–H and O–H groups in total. The van der Waals surface area contributed by atoms with Crippen LogP contribution in [0.15, 0.2) is 122 Å². The summed E-state index contributed by atoms with van der Waals surface area (Å²) in [5.41, 5.74) is 5.17. The van der Waals surface area contributed by atoms with Gasteiger partial charge in [-0.05, 0) is 55.2 Å². The van der Waals surface area contributed by atoms with E-state index in [0.29, 0.717) is 0 Å². The van der Waals surface area contributed by atoms with Gasteiger partial charge in [-0.2, -0.15) is 0 Å². The zero-order valence-electron chi connectivity index (χ0n) is 36.4. The van der Waals surface area contributed by atoms with Crippen molar-refractivity contribution in [2.24, 2.45) is 0 Å². The number of nitrogens with one attached hydrogen (secondary N) is 4. The number of para-hydroxylation sites is 2. The molecule has 0 aliphatic heterocycles. The fourth-order valence-electron chi connectivity index (χ4n) is 6.57.